The van der Waals surface area contributed by atoms with E-state index in [1.165, 1.54) is 31.3 Å². The van der Waals surface area contributed by atoms with Gasteiger partial charge in [0.2, 0.25) is 0 Å². The van der Waals surface area contributed by atoms with Crippen LogP contribution in [0.2, 0.25) is 18.1 Å². The largest absolute Gasteiger partial charge is 0.411 e. The van der Waals surface area contributed by atoms with Crippen LogP contribution in [-0.2, 0) is 11.0 Å². The SMILES string of the molecule is C=C(c1cccc(CO[Si](C)(C)C(C)(C)C)n1)[C@H]1CC[C@H](C)CC1. The van der Waals surface area contributed by atoms with E-state index in [0.29, 0.717) is 12.5 Å². The van der Waals surface area contributed by atoms with E-state index in [4.69, 9.17) is 9.41 Å². The smallest absolute Gasteiger partial charge is 0.192 e. The lowest BCUT2D eigenvalue weighted by Crippen LogP contribution is -2.40. The predicted octanol–water partition coefficient (Wildman–Crippen LogP) is 6.44. The average Bonchev–Trinajstić information content (AvgIpc) is 2.52. The Morgan fingerprint density at radius 2 is 1.83 bits per heavy atom. The van der Waals surface area contributed by atoms with Crippen molar-refractivity contribution in [1.82, 2.24) is 4.98 Å². The summed E-state index contributed by atoms with van der Waals surface area (Å²) in [7, 11) is -1.73. The van der Waals surface area contributed by atoms with Crippen LogP contribution in [0.25, 0.3) is 5.57 Å². The molecule has 1 heterocycles. The monoisotopic (exact) mass is 345 g/mol. The molecule has 1 fully saturated rings. The maximum atomic E-state index is 6.32. The van der Waals surface area contributed by atoms with Gasteiger partial charge < -0.3 is 4.43 Å². The van der Waals surface area contributed by atoms with Crippen LogP contribution in [0, 0.1) is 11.8 Å². The fourth-order valence-corrected chi connectivity index (χ4v) is 3.97. The van der Waals surface area contributed by atoms with Crippen LogP contribution in [0.15, 0.2) is 24.8 Å². The Labute approximate surface area is 149 Å². The van der Waals surface area contributed by atoms with Crippen molar-refractivity contribution in [2.45, 2.75) is 78.1 Å². The van der Waals surface area contributed by atoms with Crippen LogP contribution in [0.3, 0.4) is 0 Å². The quantitative estimate of drug-likeness (QED) is 0.573. The molecule has 0 atom stereocenters. The van der Waals surface area contributed by atoms with Crippen LogP contribution in [0.1, 0.15) is 64.8 Å². The lowest BCUT2D eigenvalue weighted by molar-refractivity contribution is 0.272. The number of aromatic nitrogens is 1. The van der Waals surface area contributed by atoms with Crippen molar-refractivity contribution in [3.05, 3.63) is 36.2 Å². The van der Waals surface area contributed by atoms with E-state index >= 15 is 0 Å². The molecule has 0 aliphatic heterocycles. The minimum absolute atomic E-state index is 0.229. The van der Waals surface area contributed by atoms with Crippen LogP contribution < -0.4 is 0 Å². The summed E-state index contributed by atoms with van der Waals surface area (Å²) in [5.74, 6) is 1.47. The highest BCUT2D eigenvalue weighted by Crippen LogP contribution is 2.38. The third kappa shape index (κ3) is 4.79. The van der Waals surface area contributed by atoms with E-state index in [1.807, 2.05) is 0 Å². The van der Waals surface area contributed by atoms with Gasteiger partial charge in [-0.2, -0.15) is 0 Å². The molecule has 24 heavy (non-hydrogen) atoms. The van der Waals surface area contributed by atoms with Crippen molar-refractivity contribution in [3.63, 3.8) is 0 Å². The zero-order chi connectivity index (χ0) is 18.0. The molecule has 0 N–H and O–H groups in total. The molecule has 1 aromatic heterocycles. The molecule has 1 aliphatic carbocycles. The van der Waals surface area contributed by atoms with E-state index in [9.17, 15) is 0 Å². The van der Waals surface area contributed by atoms with E-state index in [-0.39, 0.29) is 5.04 Å². The fraction of sp³-hybridized carbons (Fsp3) is 0.667. The molecule has 1 aromatic rings. The standard InChI is InChI=1S/C21H35NOSi/c1-16-11-13-18(14-12-16)17(2)20-10-8-9-19(22-20)15-23-24(6,7)21(3,4)5/h8-10,16,18H,2,11-15H2,1,3-7H3/t16-,18-. The third-order valence-corrected chi connectivity index (χ3v) is 10.5. The van der Waals surface area contributed by atoms with Gasteiger partial charge in [-0.3, -0.25) is 4.98 Å². The van der Waals surface area contributed by atoms with Gasteiger partial charge in [0.25, 0.3) is 0 Å². The average molecular weight is 346 g/mol. The normalized spacial score (nSPS) is 22.4. The van der Waals surface area contributed by atoms with Gasteiger partial charge in [0.15, 0.2) is 8.32 Å². The Morgan fingerprint density at radius 1 is 1.21 bits per heavy atom. The Bertz CT molecular complexity index is 565. The maximum absolute atomic E-state index is 6.32. The zero-order valence-corrected chi connectivity index (χ0v) is 17.5. The van der Waals surface area contributed by atoms with Crippen molar-refractivity contribution < 1.29 is 4.43 Å². The van der Waals surface area contributed by atoms with E-state index in [0.717, 1.165) is 17.3 Å². The van der Waals surface area contributed by atoms with Gasteiger partial charge in [0.05, 0.1) is 18.0 Å². The van der Waals surface area contributed by atoms with Gasteiger partial charge in [0.1, 0.15) is 0 Å². The first-order chi connectivity index (χ1) is 11.1. The maximum Gasteiger partial charge on any atom is 0.192 e. The van der Waals surface area contributed by atoms with Crippen LogP contribution in [-0.4, -0.2) is 13.3 Å². The second-order valence-corrected chi connectivity index (χ2v) is 13.9. The summed E-state index contributed by atoms with van der Waals surface area (Å²) in [4.78, 5) is 4.85. The molecule has 0 spiro atoms. The van der Waals surface area contributed by atoms with Crippen LogP contribution in [0.4, 0.5) is 0 Å². The lowest BCUT2D eigenvalue weighted by atomic mass is 9.79. The van der Waals surface area contributed by atoms with Gasteiger partial charge in [-0.05, 0) is 60.5 Å². The number of nitrogens with zero attached hydrogens (tertiary/aromatic N) is 1. The Morgan fingerprint density at radius 3 is 2.42 bits per heavy atom. The third-order valence-electron chi connectivity index (χ3n) is 6.03. The molecule has 1 aliphatic rings. The summed E-state index contributed by atoms with van der Waals surface area (Å²) >= 11 is 0. The van der Waals surface area contributed by atoms with Crippen LogP contribution in [0.5, 0.6) is 0 Å². The highest BCUT2D eigenvalue weighted by atomic mass is 28.4. The first kappa shape index (κ1) is 19.4. The molecular formula is C21H35NOSi. The van der Waals surface area contributed by atoms with Gasteiger partial charge >= 0.3 is 0 Å². The summed E-state index contributed by atoms with van der Waals surface area (Å²) in [5.41, 5.74) is 3.31. The van der Waals surface area contributed by atoms with E-state index < -0.39 is 8.32 Å². The molecular weight excluding hydrogens is 310 g/mol. The summed E-state index contributed by atoms with van der Waals surface area (Å²) < 4.78 is 6.32. The highest BCUT2D eigenvalue weighted by Gasteiger charge is 2.37. The van der Waals surface area contributed by atoms with Crippen molar-refractivity contribution in [2.75, 3.05) is 0 Å². The second kappa shape index (κ2) is 7.53. The second-order valence-electron chi connectivity index (χ2n) is 9.05. The van der Waals surface area contributed by atoms with Crippen molar-refractivity contribution in [1.29, 1.82) is 0 Å². The minimum atomic E-state index is -1.73. The predicted molar refractivity (Wildman–Crippen MR) is 106 cm³/mol. The number of allylic oxidation sites excluding steroid dienone is 1. The summed E-state index contributed by atoms with van der Waals surface area (Å²) in [5, 5.41) is 0.229. The molecule has 0 saturated heterocycles. The number of hydrogen-bond donors (Lipinski definition) is 0. The van der Waals surface area contributed by atoms with E-state index in [1.54, 1.807) is 0 Å². The summed E-state index contributed by atoms with van der Waals surface area (Å²) in [6, 6.07) is 6.28. The molecule has 0 radical (unpaired) electrons. The first-order valence-electron chi connectivity index (χ1n) is 9.39. The Hall–Kier alpha value is -0.933. The molecule has 2 nitrogen and oxygen atoms in total. The van der Waals surface area contributed by atoms with Gasteiger partial charge in [-0.1, -0.05) is 53.2 Å². The zero-order valence-electron chi connectivity index (χ0n) is 16.5. The summed E-state index contributed by atoms with van der Waals surface area (Å²) in [6.07, 6.45) is 5.15. The van der Waals surface area contributed by atoms with Gasteiger partial charge in [-0.25, -0.2) is 0 Å². The minimum Gasteiger partial charge on any atom is -0.411 e. The molecule has 1 saturated carbocycles. The molecule has 134 valence electrons. The fourth-order valence-electron chi connectivity index (χ4n) is 3.03. The Balaban J connectivity index is 2.02. The molecule has 0 bridgehead atoms. The Kier molecular flexibility index (Phi) is 6.08. The lowest BCUT2D eigenvalue weighted by Gasteiger charge is -2.36. The van der Waals surface area contributed by atoms with E-state index in [2.05, 4.69) is 65.6 Å². The van der Waals surface area contributed by atoms with Gasteiger partial charge in [0, 0.05) is 0 Å². The molecule has 3 heteroatoms. The van der Waals surface area contributed by atoms with Crippen molar-refractivity contribution >= 4 is 13.9 Å². The number of rotatable bonds is 5. The molecule has 0 unspecified atom stereocenters. The highest BCUT2D eigenvalue weighted by molar-refractivity contribution is 6.74. The van der Waals surface area contributed by atoms with Crippen molar-refractivity contribution in [2.24, 2.45) is 11.8 Å². The van der Waals surface area contributed by atoms with Crippen LogP contribution >= 0.6 is 0 Å². The topological polar surface area (TPSA) is 22.1 Å². The van der Waals surface area contributed by atoms with Crippen molar-refractivity contribution in [3.8, 4) is 0 Å². The number of pyridine rings is 1. The van der Waals surface area contributed by atoms with Gasteiger partial charge in [-0.15, -0.1) is 0 Å². The molecule has 0 amide bonds. The molecule has 2 rings (SSSR count). The number of hydrogen-bond acceptors (Lipinski definition) is 2. The molecule has 0 aromatic carbocycles. The summed E-state index contributed by atoms with van der Waals surface area (Å²) in [6.45, 7) is 18.7. The first-order valence-corrected chi connectivity index (χ1v) is 12.3.